The van der Waals surface area contributed by atoms with Crippen LogP contribution in [0.25, 0.3) is 0 Å². The third kappa shape index (κ3) is 5.65. The Balaban J connectivity index is 1.54. The highest BCUT2D eigenvalue weighted by molar-refractivity contribution is 7.79. The second-order valence-corrected chi connectivity index (χ2v) is 9.75. The predicted octanol–water partition coefficient (Wildman–Crippen LogP) is 5.04. The van der Waals surface area contributed by atoms with Crippen molar-refractivity contribution in [1.29, 1.82) is 0 Å². The molecule has 4 aromatic rings. The molecule has 11 heteroatoms. The summed E-state index contributed by atoms with van der Waals surface area (Å²) in [6, 6.07) is 14.8. The van der Waals surface area contributed by atoms with E-state index in [1.165, 1.54) is 19.5 Å². The predicted molar refractivity (Wildman–Crippen MR) is 139 cm³/mol. The third-order valence-corrected chi connectivity index (χ3v) is 7.27. The Labute approximate surface area is 213 Å². The van der Waals surface area contributed by atoms with Crippen LogP contribution in [0.1, 0.15) is 37.2 Å². The Kier molecular flexibility index (Phi) is 7.84. The molecule has 0 aliphatic heterocycles. The summed E-state index contributed by atoms with van der Waals surface area (Å²) in [6.07, 6.45) is 4.52. The lowest BCUT2D eigenvalue weighted by Gasteiger charge is -2.13. The summed E-state index contributed by atoms with van der Waals surface area (Å²) < 4.78 is 27.1. The van der Waals surface area contributed by atoms with E-state index < -0.39 is 22.4 Å². The van der Waals surface area contributed by atoms with Gasteiger partial charge in [-0.05, 0) is 42.8 Å². The molecule has 2 aromatic carbocycles. The van der Waals surface area contributed by atoms with Crippen molar-refractivity contribution in [3.05, 3.63) is 100 Å². The summed E-state index contributed by atoms with van der Waals surface area (Å²) in [5, 5.41) is 4.71. The molecule has 184 valence electrons. The van der Waals surface area contributed by atoms with Gasteiger partial charge >= 0.3 is 6.03 Å². The smallest absolute Gasteiger partial charge is 0.325 e. The number of rotatable bonds is 8. The fraction of sp³-hybridized carbons (Fsp3) is 0.120. The van der Waals surface area contributed by atoms with Gasteiger partial charge in [-0.15, -0.1) is 0 Å². The second kappa shape index (κ2) is 11.2. The summed E-state index contributed by atoms with van der Waals surface area (Å²) in [6.45, 7) is 1.85. The van der Waals surface area contributed by atoms with E-state index in [1.54, 1.807) is 60.8 Å². The van der Waals surface area contributed by atoms with Crippen molar-refractivity contribution in [3.63, 3.8) is 0 Å². The van der Waals surface area contributed by atoms with Crippen LogP contribution in [0.4, 0.5) is 15.6 Å². The molecular formula is C25H22N4O5S2. The van der Waals surface area contributed by atoms with E-state index in [4.69, 9.17) is 4.74 Å². The summed E-state index contributed by atoms with van der Waals surface area (Å²) in [4.78, 5) is 34.7. The first kappa shape index (κ1) is 25.2. The average molecular weight is 523 g/mol. The Morgan fingerprint density at radius 3 is 2.58 bits per heavy atom. The number of urea groups is 1. The van der Waals surface area contributed by atoms with Crippen molar-refractivity contribution in [3.8, 4) is 5.75 Å². The Bertz CT molecular complexity index is 1420. The number of methoxy groups -OCH3 is 1. The van der Waals surface area contributed by atoms with Gasteiger partial charge in [-0.2, -0.15) is 0 Å². The molecule has 2 unspecified atom stereocenters. The first-order chi connectivity index (χ1) is 17.4. The molecule has 2 heterocycles. The largest absolute Gasteiger partial charge is 0.496 e. The van der Waals surface area contributed by atoms with Gasteiger partial charge in [-0.1, -0.05) is 41.2 Å². The van der Waals surface area contributed by atoms with Crippen LogP contribution in [0.3, 0.4) is 0 Å². The lowest BCUT2D eigenvalue weighted by atomic mass is 9.99. The molecule has 2 amide bonds. The van der Waals surface area contributed by atoms with Crippen LogP contribution in [0.2, 0.25) is 0 Å². The number of anilines is 2. The van der Waals surface area contributed by atoms with Crippen molar-refractivity contribution in [1.82, 2.24) is 9.97 Å². The van der Waals surface area contributed by atoms with Crippen LogP contribution < -0.4 is 15.4 Å². The summed E-state index contributed by atoms with van der Waals surface area (Å²) in [7, 11) is 1.49. The molecule has 0 aliphatic rings. The minimum Gasteiger partial charge on any atom is -0.496 e. The Morgan fingerprint density at radius 1 is 1.06 bits per heavy atom. The van der Waals surface area contributed by atoms with Crippen molar-refractivity contribution < 1.29 is 23.1 Å². The molecule has 0 radical (unpaired) electrons. The monoisotopic (exact) mass is 522 g/mol. The standard InChI is InChI=1S/C25H22N4O5S2/c1-15-9-10-19(18(12-15)22(30)17-7-3-4-8-20(17)34-2)28-24(31)29-25-27-14-21(35-25)23(36(32)33)16-6-5-11-26-13-16/h3-14,23H,1-2H3,(H,32,33)(H2,27,28,29,31). The van der Waals surface area contributed by atoms with Crippen LogP contribution in [0.5, 0.6) is 5.75 Å². The average Bonchev–Trinajstić information content (AvgIpc) is 3.32. The highest BCUT2D eigenvalue weighted by Gasteiger charge is 2.24. The lowest BCUT2D eigenvalue weighted by molar-refractivity contribution is 0.103. The highest BCUT2D eigenvalue weighted by atomic mass is 32.2. The van der Waals surface area contributed by atoms with E-state index >= 15 is 0 Å². The highest BCUT2D eigenvalue weighted by Crippen LogP contribution is 2.33. The maximum Gasteiger partial charge on any atom is 0.325 e. The molecule has 4 rings (SSSR count). The number of hydrogen-bond acceptors (Lipinski definition) is 7. The summed E-state index contributed by atoms with van der Waals surface area (Å²) in [5.74, 6) is 0.131. The maximum absolute atomic E-state index is 13.3. The number of carbonyl (C=O) groups excluding carboxylic acids is 2. The van der Waals surface area contributed by atoms with Crippen LogP contribution in [0, 0.1) is 6.92 Å². The molecule has 2 atom stereocenters. The molecule has 2 aromatic heterocycles. The first-order valence-electron chi connectivity index (χ1n) is 10.7. The maximum atomic E-state index is 13.3. The van der Waals surface area contributed by atoms with Gasteiger partial charge in [0.2, 0.25) is 0 Å². The summed E-state index contributed by atoms with van der Waals surface area (Å²) in [5.41, 5.74) is 2.40. The van der Waals surface area contributed by atoms with Gasteiger partial charge in [0.05, 0.1) is 18.4 Å². The third-order valence-electron chi connectivity index (χ3n) is 5.21. The van der Waals surface area contributed by atoms with Crippen LogP contribution >= 0.6 is 11.3 Å². The number of pyridine rings is 1. The zero-order valence-electron chi connectivity index (χ0n) is 19.3. The zero-order valence-corrected chi connectivity index (χ0v) is 20.9. The number of amides is 2. The molecule has 9 nitrogen and oxygen atoms in total. The number of carbonyl (C=O) groups is 2. The molecule has 0 saturated heterocycles. The van der Waals surface area contributed by atoms with Gasteiger partial charge in [-0.25, -0.2) is 14.0 Å². The molecule has 0 spiro atoms. The van der Waals surface area contributed by atoms with E-state index in [-0.39, 0.29) is 10.9 Å². The van der Waals surface area contributed by atoms with Gasteiger partial charge in [0.15, 0.2) is 22.0 Å². The van der Waals surface area contributed by atoms with Crippen molar-refractivity contribution >= 4 is 45.1 Å². The van der Waals surface area contributed by atoms with Gasteiger partial charge in [0.1, 0.15) is 11.0 Å². The first-order valence-corrected chi connectivity index (χ1v) is 12.7. The SMILES string of the molecule is COc1ccccc1C(=O)c1cc(C)ccc1NC(=O)Nc1ncc(C(c2cccnc2)S(=O)O)s1. The number of aryl methyl sites for hydroxylation is 1. The Morgan fingerprint density at radius 2 is 1.86 bits per heavy atom. The minimum atomic E-state index is -2.21. The normalized spacial score (nSPS) is 12.4. The number of nitrogens with zero attached hydrogens (tertiary/aromatic N) is 2. The lowest BCUT2D eigenvalue weighted by Crippen LogP contribution is -2.21. The molecule has 0 saturated carbocycles. The minimum absolute atomic E-state index is 0.228. The summed E-state index contributed by atoms with van der Waals surface area (Å²) >= 11 is -1.14. The van der Waals surface area contributed by atoms with Crippen molar-refractivity contribution in [2.24, 2.45) is 0 Å². The number of benzene rings is 2. The molecule has 36 heavy (non-hydrogen) atoms. The van der Waals surface area contributed by atoms with Gasteiger partial charge in [0, 0.05) is 29.0 Å². The van der Waals surface area contributed by atoms with E-state index in [1.807, 2.05) is 6.92 Å². The van der Waals surface area contributed by atoms with Gasteiger partial charge in [-0.3, -0.25) is 15.1 Å². The van der Waals surface area contributed by atoms with E-state index in [0.717, 1.165) is 16.9 Å². The topological polar surface area (TPSA) is 131 Å². The number of hydrogen-bond donors (Lipinski definition) is 3. The van der Waals surface area contributed by atoms with Crippen LogP contribution in [0.15, 0.2) is 73.2 Å². The fourth-order valence-corrected chi connectivity index (χ4v) is 5.40. The quantitative estimate of drug-likeness (QED) is 0.218. The van der Waals surface area contributed by atoms with E-state index in [2.05, 4.69) is 20.6 Å². The molecule has 3 N–H and O–H groups in total. The Hall–Kier alpha value is -3.93. The number of nitrogens with one attached hydrogen (secondary N) is 2. The number of ketones is 1. The van der Waals surface area contributed by atoms with E-state index in [0.29, 0.717) is 33.0 Å². The van der Waals surface area contributed by atoms with Crippen LogP contribution in [-0.4, -0.2) is 37.7 Å². The number of aromatic nitrogens is 2. The molecular weight excluding hydrogens is 500 g/mol. The molecule has 0 bridgehead atoms. The number of ether oxygens (including phenoxy) is 1. The van der Waals surface area contributed by atoms with Crippen molar-refractivity contribution in [2.75, 3.05) is 17.7 Å². The van der Waals surface area contributed by atoms with Gasteiger partial charge < -0.3 is 14.6 Å². The molecule has 0 fully saturated rings. The second-order valence-electron chi connectivity index (χ2n) is 7.67. The van der Waals surface area contributed by atoms with E-state index in [9.17, 15) is 18.4 Å². The number of thiazole rings is 1. The zero-order chi connectivity index (χ0) is 25.7. The van der Waals surface area contributed by atoms with Crippen molar-refractivity contribution in [2.45, 2.75) is 12.2 Å². The molecule has 0 aliphatic carbocycles. The van der Waals surface area contributed by atoms with Crippen LogP contribution in [-0.2, 0) is 11.1 Å². The number of para-hydroxylation sites is 1. The fourth-order valence-electron chi connectivity index (χ4n) is 3.56. The van der Waals surface area contributed by atoms with Gasteiger partial charge in [0.25, 0.3) is 0 Å².